The molecule has 3 aromatic rings. The SMILES string of the molecule is O=C(CCc1nc(-c2cccs2)no1)NNC(=O)c1cc(Cl)ccc1O. The summed E-state index contributed by atoms with van der Waals surface area (Å²) in [4.78, 5) is 28.9. The average Bonchev–Trinajstić information content (AvgIpc) is 3.31. The lowest BCUT2D eigenvalue weighted by molar-refractivity contribution is -0.121. The van der Waals surface area contributed by atoms with E-state index in [0.717, 1.165) is 4.88 Å². The molecule has 2 aromatic heterocycles. The number of aromatic nitrogens is 2. The first-order chi connectivity index (χ1) is 12.5. The number of nitrogens with zero attached hydrogens (tertiary/aromatic N) is 2. The standard InChI is InChI=1S/C16H13ClN4O4S/c17-9-3-4-11(22)10(8-9)16(24)20-19-13(23)5-6-14-18-15(21-25-14)12-2-1-7-26-12/h1-4,7-8,22H,5-6H2,(H,19,23)(H,20,24). The lowest BCUT2D eigenvalue weighted by Gasteiger charge is -2.08. The van der Waals surface area contributed by atoms with Gasteiger partial charge < -0.3 is 9.63 Å². The van der Waals surface area contributed by atoms with Crippen molar-refractivity contribution in [3.8, 4) is 16.5 Å². The number of phenolic OH excluding ortho intramolecular Hbond substituents is 1. The van der Waals surface area contributed by atoms with E-state index in [2.05, 4.69) is 21.0 Å². The number of phenols is 1. The van der Waals surface area contributed by atoms with Gasteiger partial charge in [0.15, 0.2) is 0 Å². The third kappa shape index (κ3) is 4.38. The van der Waals surface area contributed by atoms with E-state index in [1.54, 1.807) is 0 Å². The molecular weight excluding hydrogens is 380 g/mol. The minimum atomic E-state index is -0.684. The molecule has 0 aliphatic heterocycles. The fourth-order valence-electron chi connectivity index (χ4n) is 2.03. The molecule has 0 aliphatic carbocycles. The Kier molecular flexibility index (Phi) is 5.49. The van der Waals surface area contributed by atoms with Crippen molar-refractivity contribution in [1.29, 1.82) is 0 Å². The predicted octanol–water partition coefficient (Wildman–Crippen LogP) is 2.55. The van der Waals surface area contributed by atoms with Crippen LogP contribution in [0.1, 0.15) is 22.7 Å². The van der Waals surface area contributed by atoms with Crippen LogP contribution in [0.5, 0.6) is 5.75 Å². The molecule has 0 unspecified atom stereocenters. The number of halogens is 1. The molecule has 0 fully saturated rings. The van der Waals surface area contributed by atoms with Crippen LogP contribution in [-0.2, 0) is 11.2 Å². The van der Waals surface area contributed by atoms with Crippen LogP contribution in [0.4, 0.5) is 0 Å². The summed E-state index contributed by atoms with van der Waals surface area (Å²) in [5.74, 6) is -0.581. The molecule has 1 aromatic carbocycles. The van der Waals surface area contributed by atoms with Gasteiger partial charge in [-0.1, -0.05) is 22.8 Å². The highest BCUT2D eigenvalue weighted by molar-refractivity contribution is 7.13. The summed E-state index contributed by atoms with van der Waals surface area (Å²) < 4.78 is 5.09. The van der Waals surface area contributed by atoms with Crippen LogP contribution in [0.25, 0.3) is 10.7 Å². The third-order valence-electron chi connectivity index (χ3n) is 3.29. The predicted molar refractivity (Wildman–Crippen MR) is 94.7 cm³/mol. The zero-order valence-electron chi connectivity index (χ0n) is 13.2. The summed E-state index contributed by atoms with van der Waals surface area (Å²) in [6.07, 6.45) is 0.260. The number of aromatic hydroxyl groups is 1. The molecule has 0 atom stereocenters. The summed E-state index contributed by atoms with van der Waals surface area (Å²) in [5, 5.41) is 15.7. The van der Waals surface area contributed by atoms with Crippen LogP contribution in [0, 0.1) is 0 Å². The first-order valence-electron chi connectivity index (χ1n) is 7.47. The van der Waals surface area contributed by atoms with Gasteiger partial charge in [0, 0.05) is 17.9 Å². The van der Waals surface area contributed by atoms with Gasteiger partial charge in [0.1, 0.15) is 5.75 Å². The van der Waals surface area contributed by atoms with Crippen LogP contribution in [0.3, 0.4) is 0 Å². The number of carbonyl (C=O) groups is 2. The van der Waals surface area contributed by atoms with E-state index in [1.165, 1.54) is 29.5 Å². The van der Waals surface area contributed by atoms with Crippen molar-refractivity contribution in [1.82, 2.24) is 21.0 Å². The number of carbonyl (C=O) groups excluding carboxylic acids is 2. The summed E-state index contributed by atoms with van der Waals surface area (Å²) in [6, 6.07) is 7.78. The summed E-state index contributed by atoms with van der Waals surface area (Å²) in [5.41, 5.74) is 4.41. The van der Waals surface area contributed by atoms with Crippen LogP contribution < -0.4 is 10.9 Å². The lowest BCUT2D eigenvalue weighted by atomic mass is 10.2. The number of hydrogen-bond donors (Lipinski definition) is 3. The van der Waals surface area contributed by atoms with Gasteiger partial charge in [-0.15, -0.1) is 11.3 Å². The molecular formula is C16H13ClN4O4S. The third-order valence-corrected chi connectivity index (χ3v) is 4.40. The number of thiophene rings is 1. The molecule has 2 heterocycles. The van der Waals surface area contributed by atoms with Crippen molar-refractivity contribution in [2.24, 2.45) is 0 Å². The number of aryl methyl sites for hydroxylation is 1. The van der Waals surface area contributed by atoms with Crippen LogP contribution in [0.2, 0.25) is 5.02 Å². The molecule has 0 aliphatic rings. The maximum absolute atomic E-state index is 11.9. The minimum absolute atomic E-state index is 0.0356. The highest BCUT2D eigenvalue weighted by atomic mass is 35.5. The largest absolute Gasteiger partial charge is 0.507 e. The van der Waals surface area contributed by atoms with Crippen molar-refractivity contribution in [2.75, 3.05) is 0 Å². The van der Waals surface area contributed by atoms with Crippen molar-refractivity contribution in [2.45, 2.75) is 12.8 Å². The molecule has 0 spiro atoms. The molecule has 0 bridgehead atoms. The topological polar surface area (TPSA) is 117 Å². The number of benzene rings is 1. The van der Waals surface area contributed by atoms with Gasteiger partial charge in [-0.3, -0.25) is 20.4 Å². The fourth-order valence-corrected chi connectivity index (χ4v) is 2.85. The monoisotopic (exact) mass is 392 g/mol. The second kappa shape index (κ2) is 7.98. The number of nitrogens with one attached hydrogen (secondary N) is 2. The fraction of sp³-hybridized carbons (Fsp3) is 0.125. The molecule has 3 N–H and O–H groups in total. The van der Waals surface area contributed by atoms with Crippen LogP contribution in [0.15, 0.2) is 40.2 Å². The Morgan fingerprint density at radius 3 is 2.88 bits per heavy atom. The van der Waals surface area contributed by atoms with Gasteiger partial charge in [-0.25, -0.2) is 0 Å². The Labute approximate surface area is 156 Å². The van der Waals surface area contributed by atoms with Gasteiger partial charge in [-0.05, 0) is 29.6 Å². The minimum Gasteiger partial charge on any atom is -0.507 e. The molecule has 0 radical (unpaired) electrons. The van der Waals surface area contributed by atoms with E-state index in [-0.39, 0.29) is 29.2 Å². The van der Waals surface area contributed by atoms with Crippen LogP contribution >= 0.6 is 22.9 Å². The molecule has 134 valence electrons. The smallest absolute Gasteiger partial charge is 0.273 e. The zero-order valence-corrected chi connectivity index (χ0v) is 14.8. The molecule has 8 nitrogen and oxygen atoms in total. The Morgan fingerprint density at radius 2 is 2.12 bits per heavy atom. The summed E-state index contributed by atoms with van der Waals surface area (Å²) >= 11 is 7.26. The Balaban J connectivity index is 1.49. The van der Waals surface area contributed by atoms with Gasteiger partial charge in [-0.2, -0.15) is 4.98 Å². The lowest BCUT2D eigenvalue weighted by Crippen LogP contribution is -2.41. The van der Waals surface area contributed by atoms with Crippen molar-refractivity contribution >= 4 is 34.8 Å². The van der Waals surface area contributed by atoms with Crippen molar-refractivity contribution in [3.05, 3.63) is 52.2 Å². The molecule has 3 rings (SSSR count). The highest BCUT2D eigenvalue weighted by Gasteiger charge is 2.14. The van der Waals surface area contributed by atoms with Crippen molar-refractivity contribution in [3.63, 3.8) is 0 Å². The molecule has 10 heteroatoms. The number of hydrogen-bond acceptors (Lipinski definition) is 7. The molecule has 0 saturated carbocycles. The number of rotatable bonds is 5. The highest BCUT2D eigenvalue weighted by Crippen LogP contribution is 2.22. The van der Waals surface area contributed by atoms with Gasteiger partial charge >= 0.3 is 0 Å². The summed E-state index contributed by atoms with van der Waals surface area (Å²) in [6.45, 7) is 0. The number of amides is 2. The first kappa shape index (κ1) is 17.9. The van der Waals surface area contributed by atoms with E-state index in [4.69, 9.17) is 16.1 Å². The zero-order chi connectivity index (χ0) is 18.5. The average molecular weight is 393 g/mol. The van der Waals surface area contributed by atoms with Crippen LogP contribution in [-0.4, -0.2) is 27.1 Å². The number of hydrazine groups is 1. The van der Waals surface area contributed by atoms with Crippen molar-refractivity contribution < 1.29 is 19.2 Å². The van der Waals surface area contributed by atoms with E-state index in [9.17, 15) is 14.7 Å². The molecule has 2 amide bonds. The molecule has 0 saturated heterocycles. The van der Waals surface area contributed by atoms with Gasteiger partial charge in [0.05, 0.1) is 10.4 Å². The Morgan fingerprint density at radius 1 is 1.27 bits per heavy atom. The second-order valence-corrected chi connectivity index (χ2v) is 6.54. The first-order valence-corrected chi connectivity index (χ1v) is 8.73. The Bertz CT molecular complexity index is 926. The maximum Gasteiger partial charge on any atom is 0.273 e. The van der Waals surface area contributed by atoms with E-state index in [1.807, 2.05) is 17.5 Å². The van der Waals surface area contributed by atoms with E-state index >= 15 is 0 Å². The maximum atomic E-state index is 11.9. The van der Waals surface area contributed by atoms with E-state index < -0.39 is 11.8 Å². The normalized spacial score (nSPS) is 10.5. The second-order valence-electron chi connectivity index (χ2n) is 5.15. The van der Waals surface area contributed by atoms with E-state index in [0.29, 0.717) is 11.7 Å². The Hall–Kier alpha value is -2.91. The quantitative estimate of drug-likeness (QED) is 0.574. The molecule has 26 heavy (non-hydrogen) atoms. The van der Waals surface area contributed by atoms with Gasteiger partial charge in [0.25, 0.3) is 5.91 Å². The summed E-state index contributed by atoms with van der Waals surface area (Å²) in [7, 11) is 0. The van der Waals surface area contributed by atoms with Gasteiger partial charge in [0.2, 0.25) is 17.6 Å².